The molecule has 2 aromatic heterocycles. The number of aromatic nitrogens is 3. The number of para-hydroxylation sites is 1. The lowest BCUT2D eigenvalue weighted by Gasteiger charge is -2.17. The predicted molar refractivity (Wildman–Crippen MR) is 103 cm³/mol. The summed E-state index contributed by atoms with van der Waals surface area (Å²) in [4.78, 5) is 26.8. The number of hydrogen-bond acceptors (Lipinski definition) is 5. The molecule has 2 heterocycles. The fourth-order valence-electron chi connectivity index (χ4n) is 3.56. The van der Waals surface area contributed by atoms with E-state index in [1.54, 1.807) is 0 Å². The SMILES string of the molecule is C[C@H]1CCc2c(sc3nnn(CC(=O)Nc4ccccc4C(F)(F)F)c(=O)c23)C1. The molecule has 1 amide bonds. The van der Waals surface area contributed by atoms with Crippen molar-refractivity contribution in [1.82, 2.24) is 15.0 Å². The molecule has 0 fully saturated rings. The van der Waals surface area contributed by atoms with Crippen LogP contribution in [-0.4, -0.2) is 20.9 Å². The number of thiophene rings is 1. The van der Waals surface area contributed by atoms with E-state index in [1.165, 1.54) is 23.5 Å². The molecule has 1 N–H and O–H groups in total. The quantitative estimate of drug-likeness (QED) is 0.699. The Hall–Kier alpha value is -2.75. The third kappa shape index (κ3) is 3.76. The van der Waals surface area contributed by atoms with Crippen LogP contribution in [0.4, 0.5) is 18.9 Å². The van der Waals surface area contributed by atoms with Crippen molar-refractivity contribution in [2.45, 2.75) is 38.9 Å². The van der Waals surface area contributed by atoms with E-state index in [0.717, 1.165) is 46.5 Å². The van der Waals surface area contributed by atoms with Gasteiger partial charge < -0.3 is 5.32 Å². The number of amides is 1. The van der Waals surface area contributed by atoms with Crippen molar-refractivity contribution < 1.29 is 18.0 Å². The molecule has 0 unspecified atom stereocenters. The van der Waals surface area contributed by atoms with Crippen molar-refractivity contribution >= 4 is 33.1 Å². The number of carbonyl (C=O) groups excluding carboxylic acids is 1. The molecule has 10 heteroatoms. The zero-order chi connectivity index (χ0) is 20.8. The van der Waals surface area contributed by atoms with Gasteiger partial charge in [-0.3, -0.25) is 9.59 Å². The summed E-state index contributed by atoms with van der Waals surface area (Å²) in [5.74, 6) is -0.250. The summed E-state index contributed by atoms with van der Waals surface area (Å²) < 4.78 is 40.2. The average Bonchev–Trinajstić information content (AvgIpc) is 3.01. The molecule has 0 saturated heterocycles. The van der Waals surface area contributed by atoms with E-state index in [9.17, 15) is 22.8 Å². The van der Waals surface area contributed by atoms with Crippen molar-refractivity contribution in [2.75, 3.05) is 5.32 Å². The summed E-state index contributed by atoms with van der Waals surface area (Å²) in [7, 11) is 0. The average molecular weight is 422 g/mol. The lowest BCUT2D eigenvalue weighted by molar-refractivity contribution is -0.137. The Kier molecular flexibility index (Phi) is 4.89. The van der Waals surface area contributed by atoms with E-state index in [-0.39, 0.29) is 5.69 Å². The first-order valence-corrected chi connectivity index (χ1v) is 9.90. The molecule has 0 aliphatic heterocycles. The number of rotatable bonds is 3. The second-order valence-corrected chi connectivity index (χ2v) is 8.26. The maximum atomic E-state index is 13.1. The largest absolute Gasteiger partial charge is 0.418 e. The van der Waals surface area contributed by atoms with Crippen molar-refractivity contribution in [1.29, 1.82) is 0 Å². The number of hydrogen-bond donors (Lipinski definition) is 1. The van der Waals surface area contributed by atoms with Gasteiger partial charge in [0.25, 0.3) is 5.56 Å². The van der Waals surface area contributed by atoms with Gasteiger partial charge >= 0.3 is 6.18 Å². The molecule has 3 aromatic rings. The Bertz CT molecular complexity index is 1150. The molecule has 152 valence electrons. The molecule has 1 aromatic carbocycles. The van der Waals surface area contributed by atoms with Gasteiger partial charge in [0.15, 0.2) is 4.83 Å². The van der Waals surface area contributed by atoms with Gasteiger partial charge in [-0.05, 0) is 42.9 Å². The van der Waals surface area contributed by atoms with Gasteiger partial charge in [-0.2, -0.15) is 13.2 Å². The van der Waals surface area contributed by atoms with Crippen LogP contribution in [0.15, 0.2) is 29.1 Å². The van der Waals surface area contributed by atoms with Gasteiger partial charge in [0, 0.05) is 4.88 Å². The Morgan fingerprint density at radius 1 is 1.34 bits per heavy atom. The Balaban J connectivity index is 1.61. The molecule has 1 atom stereocenters. The molecule has 0 saturated carbocycles. The molecule has 29 heavy (non-hydrogen) atoms. The minimum absolute atomic E-state index is 0.367. The van der Waals surface area contributed by atoms with Crippen LogP contribution >= 0.6 is 11.3 Å². The van der Waals surface area contributed by atoms with Crippen LogP contribution in [0, 0.1) is 5.92 Å². The van der Waals surface area contributed by atoms with Crippen molar-refractivity contribution in [3.63, 3.8) is 0 Å². The minimum atomic E-state index is -4.60. The van der Waals surface area contributed by atoms with Gasteiger partial charge in [0.1, 0.15) is 6.54 Å². The zero-order valence-electron chi connectivity index (χ0n) is 15.4. The van der Waals surface area contributed by atoms with E-state index in [1.807, 2.05) is 0 Å². The van der Waals surface area contributed by atoms with Gasteiger partial charge in [-0.25, -0.2) is 4.68 Å². The van der Waals surface area contributed by atoms with E-state index >= 15 is 0 Å². The van der Waals surface area contributed by atoms with E-state index < -0.39 is 29.8 Å². The maximum absolute atomic E-state index is 13.1. The Labute approximate surface area is 167 Å². The predicted octanol–water partition coefficient (Wildman–Crippen LogP) is 3.64. The molecule has 0 spiro atoms. The van der Waals surface area contributed by atoms with Crippen LogP contribution in [0.25, 0.3) is 10.2 Å². The number of benzene rings is 1. The lowest BCUT2D eigenvalue weighted by Crippen LogP contribution is -2.31. The Morgan fingerprint density at radius 2 is 2.10 bits per heavy atom. The number of nitrogens with zero attached hydrogens (tertiary/aromatic N) is 3. The molecule has 1 aliphatic carbocycles. The third-order valence-corrected chi connectivity index (χ3v) is 6.12. The van der Waals surface area contributed by atoms with Crippen LogP contribution < -0.4 is 10.9 Å². The topological polar surface area (TPSA) is 76.9 Å². The highest BCUT2D eigenvalue weighted by molar-refractivity contribution is 7.18. The van der Waals surface area contributed by atoms with Crippen LogP contribution in [0.5, 0.6) is 0 Å². The summed E-state index contributed by atoms with van der Waals surface area (Å²) in [6, 6.07) is 4.67. The fourth-order valence-corrected chi connectivity index (χ4v) is 4.88. The molecule has 4 rings (SSSR count). The molecular formula is C19H17F3N4O2S. The molecule has 0 radical (unpaired) electrons. The van der Waals surface area contributed by atoms with E-state index in [2.05, 4.69) is 22.6 Å². The summed E-state index contributed by atoms with van der Waals surface area (Å²) in [5, 5.41) is 10.6. The number of alkyl halides is 3. The smallest absolute Gasteiger partial charge is 0.324 e. The lowest BCUT2D eigenvalue weighted by atomic mass is 9.89. The summed E-state index contributed by atoms with van der Waals surface area (Å²) >= 11 is 1.44. The Morgan fingerprint density at radius 3 is 2.86 bits per heavy atom. The van der Waals surface area contributed by atoms with Crippen molar-refractivity contribution in [2.24, 2.45) is 5.92 Å². The number of halogens is 3. The van der Waals surface area contributed by atoms with E-state index in [4.69, 9.17) is 0 Å². The molecular weight excluding hydrogens is 405 g/mol. The number of fused-ring (bicyclic) bond motifs is 3. The number of nitrogens with one attached hydrogen (secondary N) is 1. The maximum Gasteiger partial charge on any atom is 0.418 e. The van der Waals surface area contributed by atoms with Gasteiger partial charge in [-0.1, -0.05) is 24.3 Å². The second-order valence-electron chi connectivity index (χ2n) is 7.18. The summed E-state index contributed by atoms with van der Waals surface area (Å²) in [6.07, 6.45) is -1.99. The van der Waals surface area contributed by atoms with Crippen molar-refractivity contribution in [3.8, 4) is 0 Å². The normalized spacial score (nSPS) is 16.6. The van der Waals surface area contributed by atoms with Gasteiger partial charge in [0.2, 0.25) is 5.91 Å². The number of carbonyl (C=O) groups is 1. The number of aryl methyl sites for hydroxylation is 1. The van der Waals surface area contributed by atoms with Crippen molar-refractivity contribution in [3.05, 3.63) is 50.6 Å². The van der Waals surface area contributed by atoms with Gasteiger partial charge in [0.05, 0.1) is 16.6 Å². The monoisotopic (exact) mass is 422 g/mol. The number of anilines is 1. The highest BCUT2D eigenvalue weighted by atomic mass is 32.1. The van der Waals surface area contributed by atoms with Crippen LogP contribution in [0.2, 0.25) is 0 Å². The summed E-state index contributed by atoms with van der Waals surface area (Å²) in [6.45, 7) is 1.63. The first-order chi connectivity index (χ1) is 13.7. The van der Waals surface area contributed by atoms with Gasteiger partial charge in [-0.15, -0.1) is 16.4 Å². The van der Waals surface area contributed by atoms with Crippen LogP contribution in [0.3, 0.4) is 0 Å². The highest BCUT2D eigenvalue weighted by Crippen LogP contribution is 2.36. The molecule has 1 aliphatic rings. The zero-order valence-corrected chi connectivity index (χ0v) is 16.2. The van der Waals surface area contributed by atoms with E-state index in [0.29, 0.717) is 16.1 Å². The third-order valence-electron chi connectivity index (χ3n) is 4.98. The highest BCUT2D eigenvalue weighted by Gasteiger charge is 2.33. The molecule has 6 nitrogen and oxygen atoms in total. The van der Waals surface area contributed by atoms with Crippen LogP contribution in [0.1, 0.15) is 29.3 Å². The van der Waals surface area contributed by atoms with Crippen LogP contribution in [-0.2, 0) is 30.4 Å². The first-order valence-electron chi connectivity index (χ1n) is 9.08. The standard InChI is InChI=1S/C19H17F3N4O2S/c1-10-6-7-11-14(8-10)29-17-16(11)18(28)26(25-24-17)9-15(27)23-13-5-3-2-4-12(13)19(20,21)22/h2-5,10H,6-9H2,1H3,(H,23,27)/t10-/m0/s1. The fraction of sp³-hybridized carbons (Fsp3) is 0.368. The first kappa shape index (κ1) is 19.6. The summed E-state index contributed by atoms with van der Waals surface area (Å²) in [5.41, 5.74) is -0.807. The second kappa shape index (κ2) is 7.25. The molecule has 0 bridgehead atoms. The minimum Gasteiger partial charge on any atom is -0.324 e.